The first kappa shape index (κ1) is 35.1. The Morgan fingerprint density at radius 2 is 1.13 bits per heavy atom. The molecule has 2 aliphatic carbocycles. The molecule has 0 aromatic carbocycles. The van der Waals surface area contributed by atoms with E-state index >= 15 is 0 Å². The molecular formula is C34H50N6O6. The minimum absolute atomic E-state index is 0.00713. The van der Waals surface area contributed by atoms with Crippen molar-refractivity contribution in [3.8, 4) is 0 Å². The number of aromatic amines is 1. The molecule has 2 aliphatic heterocycles. The van der Waals surface area contributed by atoms with Crippen molar-refractivity contribution in [3.05, 3.63) is 46.0 Å². The molecule has 4 heterocycles. The van der Waals surface area contributed by atoms with Crippen LogP contribution in [0.5, 0.6) is 0 Å². The van der Waals surface area contributed by atoms with Gasteiger partial charge in [-0.15, -0.1) is 0 Å². The molecule has 0 unspecified atom stereocenters. The second kappa shape index (κ2) is 16.2. The summed E-state index contributed by atoms with van der Waals surface area (Å²) in [6, 6.07) is 4.03. The number of fused-ring (bicyclic) bond motifs is 2. The van der Waals surface area contributed by atoms with Crippen molar-refractivity contribution in [2.45, 2.75) is 72.1 Å². The molecule has 2 aromatic heterocycles. The number of carbonyl (C=O) groups excluding carboxylic acids is 5. The van der Waals surface area contributed by atoms with Gasteiger partial charge in [0.05, 0.1) is 0 Å². The van der Waals surface area contributed by atoms with Crippen LogP contribution in [0.3, 0.4) is 0 Å². The van der Waals surface area contributed by atoms with E-state index in [1.54, 1.807) is 11.5 Å². The molecule has 2 fully saturated rings. The lowest BCUT2D eigenvalue weighted by molar-refractivity contribution is -0.156. The summed E-state index contributed by atoms with van der Waals surface area (Å²) in [6.45, 7) is 10.8. The Kier molecular flexibility index (Phi) is 12.3. The zero-order valence-corrected chi connectivity index (χ0v) is 28.2. The Labute approximate surface area is 272 Å². The van der Waals surface area contributed by atoms with Crippen LogP contribution in [-0.2, 0) is 40.0 Å². The first-order valence-corrected chi connectivity index (χ1v) is 16.5. The molecule has 252 valence electrons. The summed E-state index contributed by atoms with van der Waals surface area (Å²) in [5.41, 5.74) is 6.27. The Balaban J connectivity index is 0.000000175. The van der Waals surface area contributed by atoms with E-state index in [9.17, 15) is 24.0 Å². The van der Waals surface area contributed by atoms with Crippen molar-refractivity contribution < 1.29 is 28.7 Å². The van der Waals surface area contributed by atoms with Crippen LogP contribution < -0.4 is 0 Å². The molecule has 0 radical (unpaired) electrons. The number of nitrogens with one attached hydrogen (secondary N) is 1. The molecule has 6 rings (SSSR count). The van der Waals surface area contributed by atoms with Crippen LogP contribution in [0.1, 0.15) is 94.7 Å². The summed E-state index contributed by atoms with van der Waals surface area (Å²) < 4.78 is 5.63. The van der Waals surface area contributed by atoms with E-state index in [0.717, 1.165) is 102 Å². The maximum Gasteiger partial charge on any atom is 0.310 e. The fraction of sp³-hybridized carbons (Fsp3) is 0.618. The third-order valence-electron chi connectivity index (χ3n) is 9.05. The highest BCUT2D eigenvalue weighted by atomic mass is 16.6. The van der Waals surface area contributed by atoms with Crippen molar-refractivity contribution in [1.29, 1.82) is 0 Å². The van der Waals surface area contributed by atoms with Crippen LogP contribution in [0, 0.1) is 0 Å². The van der Waals surface area contributed by atoms with Crippen LogP contribution >= 0.6 is 0 Å². The lowest BCUT2D eigenvalue weighted by atomic mass is 9.98. The normalized spacial score (nSPS) is 18.2. The minimum atomic E-state index is -0.562. The van der Waals surface area contributed by atoms with E-state index in [-0.39, 0.29) is 17.7 Å². The van der Waals surface area contributed by atoms with E-state index < -0.39 is 11.9 Å². The first-order valence-electron chi connectivity index (χ1n) is 16.5. The number of H-pyrrole nitrogens is 1. The molecule has 4 aliphatic rings. The predicted molar refractivity (Wildman–Crippen MR) is 174 cm³/mol. The molecule has 0 atom stereocenters. The maximum absolute atomic E-state index is 12.8. The summed E-state index contributed by atoms with van der Waals surface area (Å²) >= 11 is 0. The van der Waals surface area contributed by atoms with E-state index in [0.29, 0.717) is 5.69 Å². The topological polar surface area (TPSA) is 128 Å². The number of ether oxygens (including phenoxy) is 1. The van der Waals surface area contributed by atoms with Gasteiger partial charge in [0.2, 0.25) is 5.91 Å². The number of aryl methyl sites for hydroxylation is 3. The lowest BCUT2D eigenvalue weighted by Crippen LogP contribution is -2.47. The Bertz CT molecular complexity index is 1380. The second-order valence-corrected chi connectivity index (χ2v) is 12.7. The van der Waals surface area contributed by atoms with Gasteiger partial charge in [-0.25, -0.2) is 0 Å². The quantitative estimate of drug-likeness (QED) is 0.393. The maximum atomic E-state index is 12.8. The van der Waals surface area contributed by atoms with Gasteiger partial charge in [0.15, 0.2) is 0 Å². The van der Waals surface area contributed by atoms with Crippen molar-refractivity contribution in [1.82, 2.24) is 29.2 Å². The molecule has 0 spiro atoms. The smallest absolute Gasteiger partial charge is 0.310 e. The monoisotopic (exact) mass is 638 g/mol. The highest BCUT2D eigenvalue weighted by Gasteiger charge is 2.28. The van der Waals surface area contributed by atoms with Crippen LogP contribution in [0.2, 0.25) is 0 Å². The van der Waals surface area contributed by atoms with Crippen molar-refractivity contribution in [2.75, 3.05) is 66.5 Å². The van der Waals surface area contributed by atoms with Gasteiger partial charge in [-0.2, -0.15) is 0 Å². The zero-order valence-electron chi connectivity index (χ0n) is 28.2. The van der Waals surface area contributed by atoms with Crippen LogP contribution in [0.15, 0.2) is 12.1 Å². The van der Waals surface area contributed by atoms with Gasteiger partial charge in [0.1, 0.15) is 11.4 Å². The average Bonchev–Trinajstić information content (AvgIpc) is 3.63. The molecule has 0 bridgehead atoms. The summed E-state index contributed by atoms with van der Waals surface area (Å²) in [7, 11) is 4.17. The highest BCUT2D eigenvalue weighted by Crippen LogP contribution is 2.26. The van der Waals surface area contributed by atoms with Crippen molar-refractivity contribution >= 4 is 29.7 Å². The Morgan fingerprint density at radius 3 is 1.63 bits per heavy atom. The van der Waals surface area contributed by atoms with E-state index in [2.05, 4.69) is 39.7 Å². The summed E-state index contributed by atoms with van der Waals surface area (Å²) in [4.78, 5) is 68.5. The third-order valence-corrected chi connectivity index (χ3v) is 9.05. The summed E-state index contributed by atoms with van der Waals surface area (Å²) in [5, 5.41) is 0. The standard InChI is InChI=1S/C16H23N3O2.C14H21N3O.C4H6O3/c1-12(20)19-14-6-4-3-5-13(14)11-15(19)16(21)18-9-7-17(2)8-10-18;1-16-6-8-17(9-7-16)14(18)13-10-11-4-2-3-5-12(11)15-13;1-3(5)7-4(2)6/h11H,3-10H2,1-2H3;10,15H,2-9H2,1H3;1-2H3. The Morgan fingerprint density at radius 1 is 0.630 bits per heavy atom. The van der Waals surface area contributed by atoms with Gasteiger partial charge in [0.25, 0.3) is 11.8 Å². The zero-order chi connectivity index (χ0) is 33.4. The van der Waals surface area contributed by atoms with E-state index in [1.807, 2.05) is 15.9 Å². The minimum Gasteiger partial charge on any atom is -0.394 e. The van der Waals surface area contributed by atoms with Crippen molar-refractivity contribution in [3.63, 3.8) is 0 Å². The van der Waals surface area contributed by atoms with E-state index in [1.165, 1.54) is 43.5 Å². The number of aromatic nitrogens is 2. The average molecular weight is 639 g/mol. The van der Waals surface area contributed by atoms with Gasteiger partial charge >= 0.3 is 11.9 Å². The second-order valence-electron chi connectivity index (χ2n) is 12.7. The van der Waals surface area contributed by atoms with Gasteiger partial charge in [0, 0.05) is 84.5 Å². The number of amides is 2. The first-order chi connectivity index (χ1) is 21.9. The molecule has 2 amide bonds. The number of rotatable bonds is 2. The predicted octanol–water partition coefficient (Wildman–Crippen LogP) is 2.79. The molecule has 46 heavy (non-hydrogen) atoms. The molecular weight excluding hydrogens is 588 g/mol. The number of piperazine rings is 2. The molecule has 12 heteroatoms. The molecule has 2 saturated heterocycles. The SMILES string of the molecule is CC(=O)OC(C)=O.CC(=O)n1c(C(=O)N2CCN(C)CC2)cc2c1CCCC2.CN1CCN(C(=O)c2cc3c([nH]2)CCCC3)CC1. The van der Waals surface area contributed by atoms with Gasteiger partial charge in [-0.05, 0) is 88.7 Å². The van der Waals surface area contributed by atoms with Gasteiger partial charge < -0.3 is 29.3 Å². The van der Waals surface area contributed by atoms with Crippen molar-refractivity contribution in [2.24, 2.45) is 0 Å². The van der Waals surface area contributed by atoms with E-state index in [4.69, 9.17) is 0 Å². The Hall–Kier alpha value is -3.77. The number of carbonyl (C=O) groups is 5. The summed E-state index contributed by atoms with van der Waals surface area (Å²) in [6.07, 6.45) is 8.88. The molecule has 1 N–H and O–H groups in total. The fourth-order valence-electron chi connectivity index (χ4n) is 6.49. The number of hydrogen-bond acceptors (Lipinski definition) is 8. The number of likely N-dealkylation sites (N-methyl/N-ethyl adjacent to an activating group) is 2. The molecule has 2 aromatic rings. The highest BCUT2D eigenvalue weighted by molar-refractivity contribution is 5.98. The molecule has 12 nitrogen and oxygen atoms in total. The number of esters is 2. The van der Waals surface area contributed by atoms with Crippen LogP contribution in [0.4, 0.5) is 0 Å². The fourth-order valence-corrected chi connectivity index (χ4v) is 6.49. The largest absolute Gasteiger partial charge is 0.394 e. The molecule has 0 saturated carbocycles. The number of nitrogens with zero attached hydrogens (tertiary/aromatic N) is 5. The third kappa shape index (κ3) is 9.16. The van der Waals surface area contributed by atoms with Gasteiger partial charge in [-0.1, -0.05) is 0 Å². The van der Waals surface area contributed by atoms with Crippen LogP contribution in [-0.4, -0.2) is 125 Å². The van der Waals surface area contributed by atoms with Gasteiger partial charge in [-0.3, -0.25) is 28.5 Å². The van der Waals surface area contributed by atoms with Crippen LogP contribution in [0.25, 0.3) is 0 Å². The lowest BCUT2D eigenvalue weighted by Gasteiger charge is -2.32. The summed E-state index contributed by atoms with van der Waals surface area (Å²) in [5.74, 6) is -0.985. The number of hydrogen-bond donors (Lipinski definition) is 1.